The zero-order valence-corrected chi connectivity index (χ0v) is 14.5. The average Bonchev–Trinajstić information content (AvgIpc) is 2.32. The van der Waals surface area contributed by atoms with Crippen LogP contribution in [0.5, 0.6) is 0 Å². The molecule has 106 valence electrons. The number of hydrogen-bond acceptors (Lipinski definition) is 0. The SMILES string of the molecule is CCCC1CCC(Br)C(Cc2cc(F)cc(Br)c2)C1. The molecule has 0 nitrogen and oxygen atoms in total. The van der Waals surface area contributed by atoms with Gasteiger partial charge in [-0.05, 0) is 61.3 Å². The third-order valence-electron chi connectivity index (χ3n) is 4.12. The van der Waals surface area contributed by atoms with Gasteiger partial charge in [0.15, 0.2) is 0 Å². The lowest BCUT2D eigenvalue weighted by Crippen LogP contribution is -2.26. The minimum Gasteiger partial charge on any atom is -0.207 e. The van der Waals surface area contributed by atoms with E-state index in [4.69, 9.17) is 0 Å². The van der Waals surface area contributed by atoms with Crippen LogP contribution in [0, 0.1) is 17.7 Å². The molecular weight excluding hydrogens is 371 g/mol. The van der Waals surface area contributed by atoms with Gasteiger partial charge in [-0.3, -0.25) is 0 Å². The first-order chi connectivity index (χ1) is 9.08. The molecule has 2 rings (SSSR count). The summed E-state index contributed by atoms with van der Waals surface area (Å²) in [5.41, 5.74) is 1.11. The number of rotatable bonds is 4. The summed E-state index contributed by atoms with van der Waals surface area (Å²) in [5, 5.41) is 0. The molecule has 0 radical (unpaired) electrons. The van der Waals surface area contributed by atoms with Crippen LogP contribution in [0.25, 0.3) is 0 Å². The fraction of sp³-hybridized carbons (Fsp3) is 0.625. The zero-order chi connectivity index (χ0) is 13.8. The van der Waals surface area contributed by atoms with Crippen LogP contribution in [0.4, 0.5) is 4.39 Å². The van der Waals surface area contributed by atoms with Crippen molar-refractivity contribution < 1.29 is 4.39 Å². The van der Waals surface area contributed by atoms with Gasteiger partial charge in [0.1, 0.15) is 5.82 Å². The molecule has 1 aromatic carbocycles. The molecule has 3 heteroatoms. The minimum atomic E-state index is -0.142. The lowest BCUT2D eigenvalue weighted by molar-refractivity contribution is 0.263. The highest BCUT2D eigenvalue weighted by Gasteiger charge is 2.28. The van der Waals surface area contributed by atoms with Gasteiger partial charge in [-0.1, -0.05) is 51.6 Å². The first kappa shape index (κ1) is 15.5. The molecule has 3 atom stereocenters. The molecule has 0 spiro atoms. The fourth-order valence-electron chi connectivity index (χ4n) is 3.24. The lowest BCUT2D eigenvalue weighted by Gasteiger charge is -2.33. The fourth-order valence-corrected chi connectivity index (χ4v) is 4.42. The first-order valence-corrected chi connectivity index (χ1v) is 8.88. The molecule has 3 unspecified atom stereocenters. The van der Waals surface area contributed by atoms with E-state index in [1.165, 1.54) is 38.2 Å². The van der Waals surface area contributed by atoms with Crippen molar-refractivity contribution in [2.75, 3.05) is 0 Å². The molecule has 1 aliphatic rings. The van der Waals surface area contributed by atoms with Gasteiger partial charge in [0, 0.05) is 9.30 Å². The summed E-state index contributed by atoms with van der Waals surface area (Å²) in [5.74, 6) is 1.36. The van der Waals surface area contributed by atoms with Crippen molar-refractivity contribution >= 4 is 31.9 Å². The second-order valence-corrected chi connectivity index (χ2v) is 7.82. The summed E-state index contributed by atoms with van der Waals surface area (Å²) >= 11 is 7.20. The van der Waals surface area contributed by atoms with Crippen molar-refractivity contribution in [2.24, 2.45) is 11.8 Å². The van der Waals surface area contributed by atoms with E-state index in [-0.39, 0.29) is 5.82 Å². The third kappa shape index (κ3) is 4.56. The number of alkyl halides is 1. The molecule has 1 aliphatic carbocycles. The Morgan fingerprint density at radius 3 is 2.74 bits per heavy atom. The van der Waals surface area contributed by atoms with Gasteiger partial charge in [0.25, 0.3) is 0 Å². The molecule has 0 aromatic heterocycles. The van der Waals surface area contributed by atoms with Gasteiger partial charge in [0.2, 0.25) is 0 Å². The molecule has 1 saturated carbocycles. The highest BCUT2D eigenvalue weighted by Crippen LogP contribution is 2.38. The topological polar surface area (TPSA) is 0 Å². The molecule has 0 heterocycles. The van der Waals surface area contributed by atoms with Crippen LogP contribution in [0.1, 0.15) is 44.6 Å². The minimum absolute atomic E-state index is 0.142. The Morgan fingerprint density at radius 2 is 2.05 bits per heavy atom. The Kier molecular flexibility index (Phi) is 5.88. The molecule has 0 amide bonds. The summed E-state index contributed by atoms with van der Waals surface area (Å²) in [7, 11) is 0. The Labute approximate surface area is 132 Å². The summed E-state index contributed by atoms with van der Waals surface area (Å²) in [6.07, 6.45) is 7.46. The van der Waals surface area contributed by atoms with Gasteiger partial charge in [-0.15, -0.1) is 0 Å². The van der Waals surface area contributed by atoms with E-state index in [0.717, 1.165) is 22.4 Å². The Bertz CT molecular complexity index is 399. The van der Waals surface area contributed by atoms with Crippen molar-refractivity contribution in [1.82, 2.24) is 0 Å². The molecule has 0 bridgehead atoms. The second-order valence-electron chi connectivity index (χ2n) is 5.73. The molecule has 19 heavy (non-hydrogen) atoms. The molecule has 0 aliphatic heterocycles. The van der Waals surface area contributed by atoms with Gasteiger partial charge >= 0.3 is 0 Å². The molecule has 1 aromatic rings. The largest absolute Gasteiger partial charge is 0.207 e. The second kappa shape index (κ2) is 7.21. The summed E-state index contributed by atoms with van der Waals surface area (Å²) < 4.78 is 14.3. The van der Waals surface area contributed by atoms with Crippen molar-refractivity contribution in [1.29, 1.82) is 0 Å². The van der Waals surface area contributed by atoms with Crippen LogP contribution in [-0.4, -0.2) is 4.83 Å². The monoisotopic (exact) mass is 390 g/mol. The van der Waals surface area contributed by atoms with Crippen molar-refractivity contribution in [2.45, 2.75) is 50.3 Å². The van der Waals surface area contributed by atoms with Crippen LogP contribution in [-0.2, 0) is 6.42 Å². The van der Waals surface area contributed by atoms with Crippen LogP contribution >= 0.6 is 31.9 Å². The summed E-state index contributed by atoms with van der Waals surface area (Å²) in [4.78, 5) is 0.586. The van der Waals surface area contributed by atoms with Gasteiger partial charge in [-0.25, -0.2) is 4.39 Å². The van der Waals surface area contributed by atoms with Crippen molar-refractivity contribution in [3.8, 4) is 0 Å². The van der Waals surface area contributed by atoms with E-state index < -0.39 is 0 Å². The number of benzene rings is 1. The third-order valence-corrected chi connectivity index (χ3v) is 5.78. The van der Waals surface area contributed by atoms with Gasteiger partial charge < -0.3 is 0 Å². The van der Waals surface area contributed by atoms with E-state index in [0.29, 0.717) is 10.7 Å². The maximum Gasteiger partial charge on any atom is 0.124 e. The first-order valence-electron chi connectivity index (χ1n) is 7.17. The highest BCUT2D eigenvalue weighted by atomic mass is 79.9. The normalized spacial score (nSPS) is 27.5. The predicted molar refractivity (Wildman–Crippen MR) is 86.3 cm³/mol. The van der Waals surface area contributed by atoms with Crippen LogP contribution in [0.2, 0.25) is 0 Å². The smallest absolute Gasteiger partial charge is 0.124 e. The van der Waals surface area contributed by atoms with Crippen LogP contribution in [0.15, 0.2) is 22.7 Å². The summed E-state index contributed by atoms with van der Waals surface area (Å²) in [6, 6.07) is 5.25. The van der Waals surface area contributed by atoms with E-state index in [1.54, 1.807) is 6.07 Å². The van der Waals surface area contributed by atoms with Crippen LogP contribution in [0.3, 0.4) is 0 Å². The van der Waals surface area contributed by atoms with Crippen LogP contribution < -0.4 is 0 Å². The Morgan fingerprint density at radius 1 is 1.26 bits per heavy atom. The maximum atomic E-state index is 13.4. The van der Waals surface area contributed by atoms with E-state index in [2.05, 4.69) is 38.8 Å². The summed E-state index contributed by atoms with van der Waals surface area (Å²) in [6.45, 7) is 2.26. The maximum absolute atomic E-state index is 13.4. The highest BCUT2D eigenvalue weighted by molar-refractivity contribution is 9.10. The Balaban J connectivity index is 2.03. The molecule has 0 saturated heterocycles. The van der Waals surface area contributed by atoms with E-state index >= 15 is 0 Å². The Hall–Kier alpha value is 0.110. The zero-order valence-electron chi connectivity index (χ0n) is 11.3. The predicted octanol–water partition coefficient (Wildman–Crippen LogP) is 6.11. The molecular formula is C16H21Br2F. The van der Waals surface area contributed by atoms with Gasteiger partial charge in [0.05, 0.1) is 0 Å². The molecule has 0 N–H and O–H groups in total. The lowest BCUT2D eigenvalue weighted by atomic mass is 9.77. The number of halogens is 3. The van der Waals surface area contributed by atoms with Gasteiger partial charge in [-0.2, -0.15) is 0 Å². The van der Waals surface area contributed by atoms with E-state index in [1.807, 2.05) is 6.07 Å². The van der Waals surface area contributed by atoms with E-state index in [9.17, 15) is 4.39 Å². The number of hydrogen-bond donors (Lipinski definition) is 0. The molecule has 1 fully saturated rings. The van der Waals surface area contributed by atoms with Crippen molar-refractivity contribution in [3.63, 3.8) is 0 Å². The quantitative estimate of drug-likeness (QED) is 0.543. The van der Waals surface area contributed by atoms with Crippen molar-refractivity contribution in [3.05, 3.63) is 34.1 Å². The average molecular weight is 392 g/mol. The standard InChI is InChI=1S/C16H21Br2F/c1-2-3-11-4-5-16(18)13(6-11)7-12-8-14(17)10-15(19)9-12/h8-11,13,16H,2-7H2,1H3.